The molecule has 2 aliphatic rings. The van der Waals surface area contributed by atoms with Gasteiger partial charge in [0.25, 0.3) is 0 Å². The zero-order chi connectivity index (χ0) is 13.0. The third-order valence-corrected chi connectivity index (χ3v) is 4.33. The quantitative estimate of drug-likeness (QED) is 0.565. The summed E-state index contributed by atoms with van der Waals surface area (Å²) in [5.41, 5.74) is 0. The molecule has 0 amide bonds. The van der Waals surface area contributed by atoms with Gasteiger partial charge in [-0.05, 0) is 18.8 Å². The highest BCUT2D eigenvalue weighted by Gasteiger charge is 2.44. The highest BCUT2D eigenvalue weighted by atomic mass is 16.5. The number of unbranched alkanes of at least 4 members (excludes halogenated alkanes) is 2. The largest absolute Gasteiger partial charge is 0.392 e. The Bertz CT molecular complexity index is 277. The molecule has 5 atom stereocenters. The molecule has 0 aromatic carbocycles. The van der Waals surface area contributed by atoms with Gasteiger partial charge in [0.15, 0.2) is 0 Å². The average molecular weight is 254 g/mol. The van der Waals surface area contributed by atoms with Crippen LogP contribution in [0.3, 0.4) is 0 Å². The number of fused-ring (bicyclic) bond motifs is 1. The van der Waals surface area contributed by atoms with Crippen LogP contribution in [-0.4, -0.2) is 35.1 Å². The van der Waals surface area contributed by atoms with Crippen molar-refractivity contribution in [1.29, 1.82) is 0 Å². The van der Waals surface area contributed by atoms with E-state index in [2.05, 4.69) is 6.92 Å². The van der Waals surface area contributed by atoms with Gasteiger partial charge >= 0.3 is 0 Å². The summed E-state index contributed by atoms with van der Waals surface area (Å²) in [7, 11) is 0. The molecule has 18 heavy (non-hydrogen) atoms. The molecule has 2 fully saturated rings. The van der Waals surface area contributed by atoms with E-state index in [4.69, 9.17) is 4.74 Å². The van der Waals surface area contributed by atoms with Crippen molar-refractivity contribution in [1.82, 2.24) is 0 Å². The fourth-order valence-corrected chi connectivity index (χ4v) is 3.26. The van der Waals surface area contributed by atoms with Crippen molar-refractivity contribution in [3.05, 3.63) is 12.2 Å². The molecule has 1 heterocycles. The van der Waals surface area contributed by atoms with Gasteiger partial charge in [-0.25, -0.2) is 0 Å². The van der Waals surface area contributed by atoms with Crippen LogP contribution in [0.2, 0.25) is 0 Å². The lowest BCUT2D eigenvalue weighted by molar-refractivity contribution is 0.0805. The molecule has 104 valence electrons. The zero-order valence-electron chi connectivity index (χ0n) is 11.3. The molecule has 1 aliphatic carbocycles. The Labute approximate surface area is 110 Å². The van der Waals surface area contributed by atoms with Crippen LogP contribution in [0.5, 0.6) is 0 Å². The second-order valence-corrected chi connectivity index (χ2v) is 5.69. The first-order valence-electron chi connectivity index (χ1n) is 7.38. The van der Waals surface area contributed by atoms with Gasteiger partial charge in [-0.15, -0.1) is 0 Å². The maximum atomic E-state index is 10.0. The van der Waals surface area contributed by atoms with Crippen molar-refractivity contribution < 1.29 is 14.9 Å². The number of hydrogen-bond donors (Lipinski definition) is 2. The Morgan fingerprint density at radius 1 is 1.39 bits per heavy atom. The average Bonchev–Trinajstić information content (AvgIpc) is 2.88. The molecular weight excluding hydrogens is 228 g/mol. The first kappa shape index (κ1) is 14.0. The maximum absolute atomic E-state index is 10.0. The molecule has 1 saturated carbocycles. The Balaban J connectivity index is 1.80. The molecule has 3 nitrogen and oxygen atoms in total. The van der Waals surface area contributed by atoms with Gasteiger partial charge in [0.2, 0.25) is 0 Å². The minimum Gasteiger partial charge on any atom is -0.392 e. The second-order valence-electron chi connectivity index (χ2n) is 5.69. The van der Waals surface area contributed by atoms with Gasteiger partial charge in [-0.3, -0.25) is 0 Å². The fourth-order valence-electron chi connectivity index (χ4n) is 3.26. The van der Waals surface area contributed by atoms with Gasteiger partial charge in [0.05, 0.1) is 18.3 Å². The van der Waals surface area contributed by atoms with Crippen molar-refractivity contribution in [3.63, 3.8) is 0 Å². The van der Waals surface area contributed by atoms with Crippen LogP contribution in [0.4, 0.5) is 0 Å². The topological polar surface area (TPSA) is 49.7 Å². The summed E-state index contributed by atoms with van der Waals surface area (Å²) in [5.74, 6) is 0.636. The zero-order valence-corrected chi connectivity index (χ0v) is 11.3. The van der Waals surface area contributed by atoms with Crippen LogP contribution >= 0.6 is 0 Å². The Morgan fingerprint density at radius 3 is 3.00 bits per heavy atom. The van der Waals surface area contributed by atoms with E-state index in [1.54, 1.807) is 0 Å². The first-order chi connectivity index (χ1) is 8.72. The maximum Gasteiger partial charge on any atom is 0.0721 e. The number of ether oxygens (including phenoxy) is 1. The van der Waals surface area contributed by atoms with E-state index >= 15 is 0 Å². The van der Waals surface area contributed by atoms with Crippen LogP contribution in [0.1, 0.15) is 45.4 Å². The summed E-state index contributed by atoms with van der Waals surface area (Å²) < 4.78 is 5.61. The molecule has 1 aliphatic heterocycles. The summed E-state index contributed by atoms with van der Waals surface area (Å²) >= 11 is 0. The molecule has 0 aromatic rings. The third kappa shape index (κ3) is 3.34. The van der Waals surface area contributed by atoms with Gasteiger partial charge in [0, 0.05) is 18.9 Å². The summed E-state index contributed by atoms with van der Waals surface area (Å²) in [6, 6.07) is 0. The van der Waals surface area contributed by atoms with E-state index in [9.17, 15) is 10.2 Å². The van der Waals surface area contributed by atoms with Crippen LogP contribution in [0.15, 0.2) is 12.2 Å². The lowest BCUT2D eigenvalue weighted by Gasteiger charge is -2.16. The third-order valence-electron chi connectivity index (χ3n) is 4.33. The molecule has 0 aromatic heterocycles. The van der Waals surface area contributed by atoms with E-state index in [1.807, 2.05) is 12.2 Å². The van der Waals surface area contributed by atoms with Gasteiger partial charge in [0.1, 0.15) is 0 Å². The smallest absolute Gasteiger partial charge is 0.0721 e. The number of rotatable bonds is 6. The molecule has 0 unspecified atom stereocenters. The normalized spacial score (nSPS) is 37.3. The SMILES string of the molecule is CCCCC[C@H](O)/C=C/[C@@H]1[C@H]2CCO[C@H]2C[C@H]1O. The predicted octanol–water partition coefficient (Wildman–Crippen LogP) is 2.27. The van der Waals surface area contributed by atoms with E-state index in [1.165, 1.54) is 12.8 Å². The van der Waals surface area contributed by atoms with Gasteiger partial charge in [-0.2, -0.15) is 0 Å². The highest BCUT2D eigenvalue weighted by Crippen LogP contribution is 2.41. The summed E-state index contributed by atoms with van der Waals surface area (Å²) in [5, 5.41) is 19.9. The van der Waals surface area contributed by atoms with Crippen molar-refractivity contribution in [2.24, 2.45) is 11.8 Å². The molecule has 0 spiro atoms. The number of aliphatic hydroxyl groups excluding tert-OH is 2. The predicted molar refractivity (Wildman–Crippen MR) is 71.2 cm³/mol. The molecule has 2 N–H and O–H groups in total. The van der Waals surface area contributed by atoms with E-state index in [0.29, 0.717) is 5.92 Å². The van der Waals surface area contributed by atoms with Crippen molar-refractivity contribution in [2.45, 2.75) is 63.8 Å². The lowest BCUT2D eigenvalue weighted by Crippen LogP contribution is -2.18. The molecular formula is C15H26O3. The first-order valence-corrected chi connectivity index (χ1v) is 7.38. The number of hydrogen-bond acceptors (Lipinski definition) is 3. The lowest BCUT2D eigenvalue weighted by atomic mass is 9.91. The Morgan fingerprint density at radius 2 is 2.22 bits per heavy atom. The molecule has 2 rings (SSSR count). The molecule has 0 bridgehead atoms. The second kappa shape index (κ2) is 6.69. The van der Waals surface area contributed by atoms with Crippen LogP contribution in [0.25, 0.3) is 0 Å². The van der Waals surface area contributed by atoms with Crippen LogP contribution < -0.4 is 0 Å². The van der Waals surface area contributed by atoms with E-state index < -0.39 is 0 Å². The highest BCUT2D eigenvalue weighted by molar-refractivity contribution is 5.05. The minimum absolute atomic E-state index is 0.179. The Kier molecular flexibility index (Phi) is 5.22. The summed E-state index contributed by atoms with van der Waals surface area (Å²) in [4.78, 5) is 0. The van der Waals surface area contributed by atoms with E-state index in [0.717, 1.165) is 32.3 Å². The van der Waals surface area contributed by atoms with Crippen LogP contribution in [-0.2, 0) is 4.74 Å². The van der Waals surface area contributed by atoms with Crippen LogP contribution in [0, 0.1) is 11.8 Å². The Hall–Kier alpha value is -0.380. The van der Waals surface area contributed by atoms with E-state index in [-0.39, 0.29) is 24.2 Å². The van der Waals surface area contributed by atoms with Gasteiger partial charge in [-0.1, -0.05) is 38.3 Å². The molecule has 0 radical (unpaired) electrons. The number of aliphatic hydroxyl groups is 2. The molecule has 1 saturated heterocycles. The fraction of sp³-hybridized carbons (Fsp3) is 0.867. The minimum atomic E-state index is -0.356. The summed E-state index contributed by atoms with van der Waals surface area (Å²) in [6.45, 7) is 2.99. The van der Waals surface area contributed by atoms with Gasteiger partial charge < -0.3 is 14.9 Å². The van der Waals surface area contributed by atoms with Crippen molar-refractivity contribution in [3.8, 4) is 0 Å². The van der Waals surface area contributed by atoms with Crippen molar-refractivity contribution in [2.75, 3.05) is 6.61 Å². The standard InChI is InChI=1S/C15H26O3/c1-2-3-4-5-11(16)6-7-12-13-8-9-18-15(13)10-14(12)17/h6-7,11-17H,2-5,8-10H2,1H3/b7-6+/t11-,12+,13+,14+,15-/m0/s1. The summed E-state index contributed by atoms with van der Waals surface area (Å²) in [6.07, 6.45) is 9.56. The van der Waals surface area contributed by atoms with Crippen molar-refractivity contribution >= 4 is 0 Å². The monoisotopic (exact) mass is 254 g/mol. The molecule has 3 heteroatoms.